The molecule has 0 spiro atoms. The summed E-state index contributed by atoms with van der Waals surface area (Å²) in [4.78, 5) is 0.210. The van der Waals surface area contributed by atoms with Crippen LogP contribution in [0.5, 0.6) is 5.75 Å². The molecule has 1 aromatic heterocycles. The third kappa shape index (κ3) is 5.09. The molecule has 1 fully saturated rings. The topological polar surface area (TPSA) is 82.5 Å². The summed E-state index contributed by atoms with van der Waals surface area (Å²) < 4.78 is 40.9. The molecule has 0 amide bonds. The van der Waals surface area contributed by atoms with Gasteiger partial charge in [-0.1, -0.05) is 12.1 Å². The van der Waals surface area contributed by atoms with Crippen LogP contribution in [0.4, 0.5) is 0 Å². The Labute approximate surface area is 160 Å². The number of benzene rings is 1. The predicted octanol–water partition coefficient (Wildman–Crippen LogP) is 2.81. The summed E-state index contributed by atoms with van der Waals surface area (Å²) in [5.74, 6) is 0.714. The van der Waals surface area contributed by atoms with E-state index in [0.29, 0.717) is 18.1 Å². The second-order valence-electron chi connectivity index (χ2n) is 7.07. The summed E-state index contributed by atoms with van der Waals surface area (Å²) in [5.41, 5.74) is 1.32. The highest BCUT2D eigenvalue weighted by atomic mass is 32.2. The van der Waals surface area contributed by atoms with Gasteiger partial charge in [-0.3, -0.25) is 4.68 Å². The summed E-state index contributed by atoms with van der Waals surface area (Å²) in [6, 6.07) is 7.54. The Balaban J connectivity index is 1.62. The molecule has 0 radical (unpaired) electrons. The van der Waals surface area contributed by atoms with Gasteiger partial charge in [-0.2, -0.15) is 5.10 Å². The molecule has 1 unspecified atom stereocenters. The molecule has 8 heteroatoms. The van der Waals surface area contributed by atoms with Crippen LogP contribution in [0.15, 0.2) is 35.4 Å². The first-order chi connectivity index (χ1) is 12.8. The Morgan fingerprint density at radius 1 is 1.41 bits per heavy atom. The Kier molecular flexibility index (Phi) is 6.18. The van der Waals surface area contributed by atoms with Crippen LogP contribution >= 0.6 is 0 Å². The highest BCUT2D eigenvalue weighted by molar-refractivity contribution is 7.89. The van der Waals surface area contributed by atoms with E-state index in [1.165, 1.54) is 0 Å². The van der Waals surface area contributed by atoms with Crippen molar-refractivity contribution in [3.05, 3.63) is 41.7 Å². The number of hydrogen-bond acceptors (Lipinski definition) is 5. The van der Waals surface area contributed by atoms with Crippen molar-refractivity contribution in [2.45, 2.75) is 57.2 Å². The molecular formula is C19H27N3O4S. The lowest BCUT2D eigenvalue weighted by atomic mass is 10.2. The number of sulfonamides is 1. The second-order valence-corrected chi connectivity index (χ2v) is 8.81. The molecule has 0 bridgehead atoms. The fraction of sp³-hybridized carbons (Fsp3) is 0.526. The molecule has 148 valence electrons. The Bertz CT molecular complexity index is 871. The molecule has 1 aromatic carbocycles. The zero-order valence-electron chi connectivity index (χ0n) is 16.0. The summed E-state index contributed by atoms with van der Waals surface area (Å²) in [7, 11) is -3.63. The fourth-order valence-corrected chi connectivity index (χ4v) is 4.15. The lowest BCUT2D eigenvalue weighted by Crippen LogP contribution is -2.23. The Hall–Kier alpha value is -1.90. The summed E-state index contributed by atoms with van der Waals surface area (Å²) in [6.45, 7) is 7.11. The van der Waals surface area contributed by atoms with E-state index in [1.807, 2.05) is 38.1 Å². The van der Waals surface area contributed by atoms with Gasteiger partial charge in [0.2, 0.25) is 10.0 Å². The van der Waals surface area contributed by atoms with Crippen LogP contribution in [-0.4, -0.2) is 37.5 Å². The van der Waals surface area contributed by atoms with E-state index >= 15 is 0 Å². The number of ether oxygens (including phenoxy) is 2. The van der Waals surface area contributed by atoms with E-state index in [0.717, 1.165) is 25.0 Å². The molecule has 1 aliphatic rings. The Morgan fingerprint density at radius 2 is 2.22 bits per heavy atom. The molecule has 27 heavy (non-hydrogen) atoms. The monoisotopic (exact) mass is 393 g/mol. The van der Waals surface area contributed by atoms with Crippen LogP contribution in [0.25, 0.3) is 0 Å². The van der Waals surface area contributed by atoms with Crippen LogP contribution < -0.4 is 9.46 Å². The summed E-state index contributed by atoms with van der Waals surface area (Å²) in [5, 5.41) is 4.27. The van der Waals surface area contributed by atoms with Crippen molar-refractivity contribution in [3.8, 4) is 5.75 Å². The maximum Gasteiger partial charge on any atom is 0.244 e. The standard InChI is InChI=1S/C19H27N3O4S/c1-14(2)22-12-19(15(3)21-22)27(23,24)20-11-16-6-4-7-17(10-16)26-13-18-8-5-9-25-18/h4,6-7,10,12,14,18,20H,5,8-9,11,13H2,1-3H3. The average Bonchev–Trinajstić information content (AvgIpc) is 3.28. The van der Waals surface area contributed by atoms with Crippen molar-refractivity contribution in [3.63, 3.8) is 0 Å². The summed E-state index contributed by atoms with van der Waals surface area (Å²) >= 11 is 0. The van der Waals surface area contributed by atoms with Gasteiger partial charge in [0.15, 0.2) is 0 Å². The van der Waals surface area contributed by atoms with E-state index in [9.17, 15) is 8.42 Å². The van der Waals surface area contributed by atoms with Crippen LogP contribution in [0.2, 0.25) is 0 Å². The van der Waals surface area contributed by atoms with E-state index in [1.54, 1.807) is 17.8 Å². The minimum atomic E-state index is -3.63. The average molecular weight is 394 g/mol. The van der Waals surface area contributed by atoms with Crippen molar-refractivity contribution in [1.82, 2.24) is 14.5 Å². The minimum absolute atomic E-state index is 0.102. The third-order valence-electron chi connectivity index (χ3n) is 4.51. The van der Waals surface area contributed by atoms with E-state index in [4.69, 9.17) is 9.47 Å². The third-order valence-corrected chi connectivity index (χ3v) is 6.02. The van der Waals surface area contributed by atoms with Gasteiger partial charge in [0.05, 0.1) is 11.8 Å². The number of aromatic nitrogens is 2. The van der Waals surface area contributed by atoms with Crippen LogP contribution in [-0.2, 0) is 21.3 Å². The first-order valence-corrected chi connectivity index (χ1v) is 10.7. The molecule has 1 saturated heterocycles. The number of aryl methyl sites for hydroxylation is 1. The van der Waals surface area contributed by atoms with Gasteiger partial charge in [-0.25, -0.2) is 13.1 Å². The van der Waals surface area contributed by atoms with Gasteiger partial charge in [-0.05, 0) is 51.3 Å². The predicted molar refractivity (Wildman–Crippen MR) is 102 cm³/mol. The number of hydrogen-bond donors (Lipinski definition) is 1. The first kappa shape index (κ1) is 19.9. The molecule has 3 rings (SSSR count). The molecule has 1 N–H and O–H groups in total. The van der Waals surface area contributed by atoms with Crippen molar-refractivity contribution < 1.29 is 17.9 Å². The van der Waals surface area contributed by atoms with Gasteiger partial charge >= 0.3 is 0 Å². The maximum absolute atomic E-state index is 12.6. The van der Waals surface area contributed by atoms with Crippen molar-refractivity contribution >= 4 is 10.0 Å². The van der Waals surface area contributed by atoms with Crippen LogP contribution in [0.1, 0.15) is 44.0 Å². The van der Waals surface area contributed by atoms with Gasteiger partial charge in [0.1, 0.15) is 17.3 Å². The fourth-order valence-electron chi connectivity index (χ4n) is 2.96. The van der Waals surface area contributed by atoms with Gasteiger partial charge in [-0.15, -0.1) is 0 Å². The maximum atomic E-state index is 12.6. The summed E-state index contributed by atoms with van der Waals surface area (Å²) in [6.07, 6.45) is 3.81. The lowest BCUT2D eigenvalue weighted by Gasteiger charge is -2.12. The molecule has 1 atom stereocenters. The highest BCUT2D eigenvalue weighted by Crippen LogP contribution is 2.19. The van der Waals surface area contributed by atoms with Crippen molar-refractivity contribution in [1.29, 1.82) is 0 Å². The van der Waals surface area contributed by atoms with Crippen molar-refractivity contribution in [2.75, 3.05) is 13.2 Å². The normalized spacial score (nSPS) is 17.6. The van der Waals surface area contributed by atoms with E-state index < -0.39 is 10.0 Å². The lowest BCUT2D eigenvalue weighted by molar-refractivity contribution is 0.0679. The molecule has 2 heterocycles. The van der Waals surface area contributed by atoms with Gasteiger partial charge < -0.3 is 9.47 Å². The molecule has 0 saturated carbocycles. The zero-order chi connectivity index (χ0) is 19.4. The largest absolute Gasteiger partial charge is 0.491 e. The SMILES string of the molecule is Cc1nn(C(C)C)cc1S(=O)(=O)NCc1cccc(OCC2CCCO2)c1. The smallest absolute Gasteiger partial charge is 0.244 e. The minimum Gasteiger partial charge on any atom is -0.491 e. The number of nitrogens with one attached hydrogen (secondary N) is 1. The second kappa shape index (κ2) is 8.41. The van der Waals surface area contributed by atoms with Gasteiger partial charge in [0.25, 0.3) is 0 Å². The molecule has 7 nitrogen and oxygen atoms in total. The number of rotatable bonds is 8. The van der Waals surface area contributed by atoms with E-state index in [-0.39, 0.29) is 23.6 Å². The molecule has 0 aliphatic carbocycles. The number of nitrogens with zero attached hydrogens (tertiary/aromatic N) is 2. The van der Waals surface area contributed by atoms with Crippen LogP contribution in [0, 0.1) is 6.92 Å². The highest BCUT2D eigenvalue weighted by Gasteiger charge is 2.21. The van der Waals surface area contributed by atoms with Gasteiger partial charge in [0, 0.05) is 25.4 Å². The Morgan fingerprint density at radius 3 is 2.89 bits per heavy atom. The van der Waals surface area contributed by atoms with E-state index in [2.05, 4.69) is 9.82 Å². The first-order valence-electron chi connectivity index (χ1n) is 9.24. The molecule has 2 aromatic rings. The van der Waals surface area contributed by atoms with Crippen LogP contribution in [0.3, 0.4) is 0 Å². The molecule has 1 aliphatic heterocycles. The zero-order valence-corrected chi connectivity index (χ0v) is 16.8. The quantitative estimate of drug-likeness (QED) is 0.746. The van der Waals surface area contributed by atoms with Crippen molar-refractivity contribution in [2.24, 2.45) is 0 Å². The molecular weight excluding hydrogens is 366 g/mol.